The second-order valence-corrected chi connectivity index (χ2v) is 6.56. The highest BCUT2D eigenvalue weighted by molar-refractivity contribution is 5.93. The molecule has 0 saturated carbocycles. The van der Waals surface area contributed by atoms with Crippen LogP contribution in [-0.4, -0.2) is 46.6 Å². The number of rotatable bonds is 7. The van der Waals surface area contributed by atoms with Crippen LogP contribution in [0.15, 0.2) is 41.3 Å². The lowest BCUT2D eigenvalue weighted by molar-refractivity contribution is 0.00203. The maximum absolute atomic E-state index is 12.7. The average Bonchev–Trinajstić information content (AvgIpc) is 2.71. The number of para-hydroxylation sites is 1. The van der Waals surface area contributed by atoms with Gasteiger partial charge in [0.15, 0.2) is 0 Å². The molecule has 1 aromatic carbocycles. The van der Waals surface area contributed by atoms with Gasteiger partial charge in [0, 0.05) is 25.9 Å². The van der Waals surface area contributed by atoms with Crippen molar-refractivity contribution in [1.29, 1.82) is 0 Å². The van der Waals surface area contributed by atoms with Crippen LogP contribution in [0.25, 0.3) is 0 Å². The van der Waals surface area contributed by atoms with Crippen molar-refractivity contribution in [3.05, 3.63) is 58.3 Å². The number of nitrogens with one attached hydrogen (secondary N) is 1. The third kappa shape index (κ3) is 5.17. The summed E-state index contributed by atoms with van der Waals surface area (Å²) in [5.74, 6) is 0.763. The number of H-pyrrole nitrogens is 1. The number of benzene rings is 1. The van der Waals surface area contributed by atoms with Gasteiger partial charge in [0.05, 0.1) is 6.10 Å². The molecule has 1 amide bonds. The van der Waals surface area contributed by atoms with Gasteiger partial charge in [-0.1, -0.05) is 25.1 Å². The van der Waals surface area contributed by atoms with E-state index in [0.717, 1.165) is 19.3 Å². The second kappa shape index (κ2) is 9.32. The topological polar surface area (TPSA) is 84.5 Å². The highest BCUT2D eigenvalue weighted by Crippen LogP contribution is 2.15. The fraction of sp³-hybridized carbons (Fsp3) is 0.450. The standard InChI is InChI=1S/C20H25N3O4/c1-2-11-26-16-9-6-10-23(13-16)20(25)17-12-21-18(22-19(17)24)14-27-15-7-4-3-5-8-15/h3-5,7-8,12,16H,2,6,9-11,13-14H2,1H3,(H,21,22,24). The third-order valence-electron chi connectivity index (χ3n) is 4.42. The van der Waals surface area contributed by atoms with E-state index < -0.39 is 5.56 Å². The molecule has 27 heavy (non-hydrogen) atoms. The average molecular weight is 371 g/mol. The zero-order valence-electron chi connectivity index (χ0n) is 15.5. The Labute approximate surface area is 158 Å². The van der Waals surface area contributed by atoms with Crippen LogP contribution in [0.1, 0.15) is 42.4 Å². The van der Waals surface area contributed by atoms with Gasteiger partial charge in [-0.25, -0.2) is 4.98 Å². The van der Waals surface area contributed by atoms with Crippen molar-refractivity contribution in [2.45, 2.75) is 38.9 Å². The first-order valence-electron chi connectivity index (χ1n) is 9.34. The van der Waals surface area contributed by atoms with E-state index in [-0.39, 0.29) is 24.2 Å². The minimum atomic E-state index is -0.446. The van der Waals surface area contributed by atoms with Gasteiger partial charge >= 0.3 is 0 Å². The molecule has 0 aliphatic carbocycles. The molecule has 1 aliphatic rings. The largest absolute Gasteiger partial charge is 0.486 e. The molecule has 1 unspecified atom stereocenters. The van der Waals surface area contributed by atoms with Crippen LogP contribution in [0.4, 0.5) is 0 Å². The van der Waals surface area contributed by atoms with E-state index in [2.05, 4.69) is 16.9 Å². The molecule has 1 fully saturated rings. The fourth-order valence-corrected chi connectivity index (χ4v) is 3.04. The van der Waals surface area contributed by atoms with Gasteiger partial charge in [-0.15, -0.1) is 0 Å². The number of piperidine rings is 1. The van der Waals surface area contributed by atoms with Crippen molar-refractivity contribution < 1.29 is 14.3 Å². The Bertz CT molecular complexity index is 806. The Morgan fingerprint density at radius 3 is 2.89 bits per heavy atom. The minimum absolute atomic E-state index is 0.0354. The van der Waals surface area contributed by atoms with Crippen LogP contribution in [0, 0.1) is 0 Å². The molecule has 7 heteroatoms. The smallest absolute Gasteiger partial charge is 0.263 e. The number of aromatic nitrogens is 2. The fourth-order valence-electron chi connectivity index (χ4n) is 3.04. The number of hydrogen-bond acceptors (Lipinski definition) is 5. The van der Waals surface area contributed by atoms with E-state index in [9.17, 15) is 9.59 Å². The summed E-state index contributed by atoms with van der Waals surface area (Å²) in [5, 5.41) is 0. The summed E-state index contributed by atoms with van der Waals surface area (Å²) in [6.07, 6.45) is 4.12. The predicted molar refractivity (Wildman–Crippen MR) is 101 cm³/mol. The number of amides is 1. The lowest BCUT2D eigenvalue weighted by Gasteiger charge is -2.32. The van der Waals surface area contributed by atoms with Crippen molar-refractivity contribution in [2.75, 3.05) is 19.7 Å². The maximum Gasteiger partial charge on any atom is 0.263 e. The van der Waals surface area contributed by atoms with Crippen molar-refractivity contribution in [2.24, 2.45) is 0 Å². The molecule has 7 nitrogen and oxygen atoms in total. The lowest BCUT2D eigenvalue weighted by atomic mass is 10.1. The Kier molecular flexibility index (Phi) is 6.59. The molecule has 2 heterocycles. The first-order chi connectivity index (χ1) is 13.2. The highest BCUT2D eigenvalue weighted by Gasteiger charge is 2.26. The van der Waals surface area contributed by atoms with Crippen molar-refractivity contribution >= 4 is 5.91 Å². The Hall–Kier alpha value is -2.67. The normalized spacial score (nSPS) is 16.9. The number of nitrogens with zero attached hydrogens (tertiary/aromatic N) is 2. The summed E-state index contributed by atoms with van der Waals surface area (Å²) < 4.78 is 11.3. The molecule has 1 aliphatic heterocycles. The summed E-state index contributed by atoms with van der Waals surface area (Å²) >= 11 is 0. The number of carbonyl (C=O) groups excluding carboxylic acids is 1. The van der Waals surface area contributed by atoms with E-state index in [1.165, 1.54) is 6.20 Å². The van der Waals surface area contributed by atoms with Crippen LogP contribution < -0.4 is 10.3 Å². The first-order valence-corrected chi connectivity index (χ1v) is 9.34. The maximum atomic E-state index is 12.7. The molecule has 0 bridgehead atoms. The Morgan fingerprint density at radius 2 is 2.15 bits per heavy atom. The number of carbonyl (C=O) groups is 1. The molecule has 0 spiro atoms. The van der Waals surface area contributed by atoms with Gasteiger partial charge in [-0.05, 0) is 31.4 Å². The molecule has 0 radical (unpaired) electrons. The zero-order chi connectivity index (χ0) is 19.1. The Balaban J connectivity index is 1.62. The number of hydrogen-bond donors (Lipinski definition) is 1. The molecule has 1 atom stereocenters. The van der Waals surface area contributed by atoms with Gasteiger partial charge in [0.1, 0.15) is 23.7 Å². The molecule has 2 aromatic rings. The predicted octanol–water partition coefficient (Wildman–Crippen LogP) is 2.38. The monoisotopic (exact) mass is 371 g/mol. The number of ether oxygens (including phenoxy) is 2. The molecule has 1 saturated heterocycles. The van der Waals surface area contributed by atoms with E-state index in [0.29, 0.717) is 31.3 Å². The minimum Gasteiger partial charge on any atom is -0.486 e. The summed E-state index contributed by atoms with van der Waals surface area (Å²) in [4.78, 5) is 33.6. The van der Waals surface area contributed by atoms with Crippen molar-refractivity contribution in [1.82, 2.24) is 14.9 Å². The summed E-state index contributed by atoms with van der Waals surface area (Å²) in [7, 11) is 0. The quantitative estimate of drug-likeness (QED) is 0.808. The van der Waals surface area contributed by atoms with Crippen molar-refractivity contribution in [3.8, 4) is 5.75 Å². The molecule has 144 valence electrons. The summed E-state index contributed by atoms with van der Waals surface area (Å²) in [5.41, 5.74) is -0.395. The van der Waals surface area contributed by atoms with Crippen LogP contribution in [0.3, 0.4) is 0 Å². The van der Waals surface area contributed by atoms with Crippen LogP contribution in [0.5, 0.6) is 5.75 Å². The third-order valence-corrected chi connectivity index (χ3v) is 4.42. The van der Waals surface area contributed by atoms with Gasteiger partial charge in [0.25, 0.3) is 11.5 Å². The van der Waals surface area contributed by atoms with Gasteiger partial charge < -0.3 is 19.4 Å². The van der Waals surface area contributed by atoms with E-state index in [1.54, 1.807) is 4.90 Å². The molecule has 1 aromatic heterocycles. The molecule has 1 N–H and O–H groups in total. The molecular weight excluding hydrogens is 346 g/mol. The zero-order valence-corrected chi connectivity index (χ0v) is 15.5. The van der Waals surface area contributed by atoms with Gasteiger partial charge in [-0.2, -0.15) is 0 Å². The van der Waals surface area contributed by atoms with Crippen LogP contribution >= 0.6 is 0 Å². The van der Waals surface area contributed by atoms with Gasteiger partial charge in [-0.3, -0.25) is 9.59 Å². The lowest BCUT2D eigenvalue weighted by Crippen LogP contribution is -2.44. The SMILES string of the molecule is CCCOC1CCCN(C(=O)c2cnc(COc3ccccc3)[nH]c2=O)C1. The van der Waals surface area contributed by atoms with Crippen LogP contribution in [-0.2, 0) is 11.3 Å². The van der Waals surface area contributed by atoms with Gasteiger partial charge in [0.2, 0.25) is 0 Å². The first kappa shape index (κ1) is 19.1. The van der Waals surface area contributed by atoms with E-state index in [4.69, 9.17) is 9.47 Å². The summed E-state index contributed by atoms with van der Waals surface area (Å²) in [6, 6.07) is 9.27. The molecular formula is C20H25N3O4. The number of likely N-dealkylation sites (tertiary alicyclic amines) is 1. The van der Waals surface area contributed by atoms with E-state index in [1.807, 2.05) is 30.3 Å². The second-order valence-electron chi connectivity index (χ2n) is 6.56. The number of aromatic amines is 1. The van der Waals surface area contributed by atoms with Crippen LogP contribution in [0.2, 0.25) is 0 Å². The highest BCUT2D eigenvalue weighted by atomic mass is 16.5. The Morgan fingerprint density at radius 1 is 1.33 bits per heavy atom. The van der Waals surface area contributed by atoms with Crippen molar-refractivity contribution in [3.63, 3.8) is 0 Å². The molecule has 3 rings (SSSR count). The van der Waals surface area contributed by atoms with E-state index >= 15 is 0 Å². The summed E-state index contributed by atoms with van der Waals surface area (Å²) in [6.45, 7) is 4.01.